The maximum Gasteiger partial charge on any atom is 4.00 e. The number of hydrogen-bond donors (Lipinski definition) is 0. The first-order valence-corrected chi connectivity index (χ1v) is 0. The molecule has 1 radical (unpaired) electrons. The number of hydrogen-bond acceptors (Lipinski definition) is 0. The van der Waals surface area contributed by atoms with E-state index in [1.54, 1.807) is 0 Å². The monoisotopic (exact) mass is 512 g/mol. The van der Waals surface area contributed by atoms with Crippen molar-refractivity contribution >= 4 is 0 Å². The second-order valence-electron chi connectivity index (χ2n) is 0. The van der Waals surface area contributed by atoms with Crippen LogP contribution in [0.15, 0.2) is 0 Å². The van der Waals surface area contributed by atoms with Crippen molar-refractivity contribution < 1.29 is 111 Å². The molecule has 0 N–H and O–H groups in total. The summed E-state index contributed by atoms with van der Waals surface area (Å²) in [6, 6.07) is 0. The minimum atomic E-state index is 0. The van der Waals surface area contributed by atoms with Crippen LogP contribution in [0.2, 0.25) is 0 Å². The molecule has 0 rings (SSSR count). The molecule has 6 heteroatoms. The van der Waals surface area contributed by atoms with E-state index in [9.17, 15) is 0 Å². The van der Waals surface area contributed by atoms with Gasteiger partial charge < -0.3 is 11.0 Å². The number of rotatable bonds is 0. The van der Waals surface area contributed by atoms with Gasteiger partial charge >= 0.3 is 79.3 Å². The van der Waals surface area contributed by atoms with Crippen molar-refractivity contribution in [1.82, 2.24) is 0 Å². The van der Waals surface area contributed by atoms with Gasteiger partial charge in [-0.15, -0.1) is 0 Å². The van der Waals surface area contributed by atoms with Crippen molar-refractivity contribution in [3.8, 4) is 0 Å². The van der Waals surface area contributed by atoms with Crippen LogP contribution in [-0.4, -0.2) is 0 Å². The van der Waals surface area contributed by atoms with Gasteiger partial charge in [0.15, 0.2) is 0 Å². The van der Waals surface area contributed by atoms with Crippen LogP contribution in [0.5, 0.6) is 0 Å². The first-order chi connectivity index (χ1) is 0. The van der Waals surface area contributed by atoms with Crippen LogP contribution in [0.25, 0.3) is 0 Å². The average Bonchev–Trinajstić information content (AvgIpc) is 0. The van der Waals surface area contributed by atoms with Crippen LogP contribution < -0.4 is 0 Å². The third-order valence-electron chi connectivity index (χ3n) is 0. The zero-order chi connectivity index (χ0) is 0. The molecule has 0 aliphatic carbocycles. The Labute approximate surface area is 109 Å². The largest absolute Gasteiger partial charge is 4.00 e. The molecule has 6 heavy (non-hydrogen) atoms. The SMILES string of the molecule is [Ce+3].[Mo+4].[Ni+2].[O-2].[O-2].[W]. The Balaban J connectivity index is 0. The zero-order valence-corrected chi connectivity index (χ0v) is 11.5. The first kappa shape index (κ1) is 61.0. The molecular formula is CeMoNiO2W+5. The summed E-state index contributed by atoms with van der Waals surface area (Å²) in [5.41, 5.74) is 0. The molecule has 0 amide bonds. The van der Waals surface area contributed by atoms with Crippen LogP contribution in [-0.2, 0) is 69.6 Å². The van der Waals surface area contributed by atoms with Crippen molar-refractivity contribution in [2.24, 2.45) is 0 Å². The van der Waals surface area contributed by atoms with Gasteiger partial charge in [-0.25, -0.2) is 0 Å². The Morgan fingerprint density at radius 2 is 0.833 bits per heavy atom. The second-order valence-corrected chi connectivity index (χ2v) is 0. The Bertz CT molecular complexity index is 13.5. The van der Waals surface area contributed by atoms with E-state index in [4.69, 9.17) is 0 Å². The summed E-state index contributed by atoms with van der Waals surface area (Å²) in [5, 5.41) is 0. The Morgan fingerprint density at radius 3 is 0.833 bits per heavy atom. The summed E-state index contributed by atoms with van der Waals surface area (Å²) < 4.78 is 0. The molecule has 0 saturated heterocycles. The molecule has 0 heterocycles. The molecule has 0 aliphatic heterocycles. The third-order valence-corrected chi connectivity index (χ3v) is 0. The Kier molecular flexibility index (Phi) is 425. The zero-order valence-electron chi connectivity index (χ0n) is 2.45. The topological polar surface area (TPSA) is 57.0 Å². The van der Waals surface area contributed by atoms with E-state index in [0.29, 0.717) is 0 Å². The predicted molar refractivity (Wildman–Crippen MR) is 1.37 cm³/mol. The van der Waals surface area contributed by atoms with Gasteiger partial charge in [0.2, 0.25) is 0 Å². The molecule has 0 fully saturated rings. The molecule has 0 unspecified atom stereocenters. The van der Waals surface area contributed by atoms with Crippen molar-refractivity contribution in [1.29, 1.82) is 0 Å². The van der Waals surface area contributed by atoms with Crippen molar-refractivity contribution in [3.63, 3.8) is 0 Å². The fraction of sp³-hybridized carbons (Fsp3) is 0. The van der Waals surface area contributed by atoms with E-state index >= 15 is 0 Å². The summed E-state index contributed by atoms with van der Waals surface area (Å²) in [7, 11) is 0. The third kappa shape index (κ3) is 27.2. The van der Waals surface area contributed by atoms with Gasteiger partial charge in [0.25, 0.3) is 0 Å². The molecule has 0 bridgehead atoms. The molecule has 0 aromatic heterocycles. The van der Waals surface area contributed by atoms with Gasteiger partial charge in [0.1, 0.15) is 0 Å². The first-order valence-electron chi connectivity index (χ1n) is 0. The van der Waals surface area contributed by atoms with E-state index < -0.39 is 0 Å². The second kappa shape index (κ2) is 41.8. The summed E-state index contributed by atoms with van der Waals surface area (Å²) in [5.74, 6) is 0. The van der Waals surface area contributed by atoms with Crippen LogP contribution >= 0.6 is 0 Å². The van der Waals surface area contributed by atoms with Gasteiger partial charge in [-0.3, -0.25) is 0 Å². The van der Waals surface area contributed by atoms with E-state index in [1.165, 1.54) is 0 Å². The molecule has 2 nitrogen and oxygen atoms in total. The fourth-order valence-corrected chi connectivity index (χ4v) is 0. The fourth-order valence-electron chi connectivity index (χ4n) is 0. The molecule has 33 valence electrons. The van der Waals surface area contributed by atoms with E-state index in [2.05, 4.69) is 0 Å². The van der Waals surface area contributed by atoms with Crippen molar-refractivity contribution in [3.05, 3.63) is 0 Å². The molecule has 0 aromatic rings. The molecule has 0 aromatic carbocycles. The molecule has 0 spiro atoms. The van der Waals surface area contributed by atoms with Crippen molar-refractivity contribution in [2.45, 2.75) is 0 Å². The van der Waals surface area contributed by atoms with Crippen LogP contribution in [0.4, 0.5) is 0 Å². The van der Waals surface area contributed by atoms with E-state index in [-0.39, 0.29) is 111 Å². The van der Waals surface area contributed by atoms with E-state index in [0.717, 1.165) is 0 Å². The molecular weight excluding hydrogens is 511 g/mol. The van der Waals surface area contributed by atoms with Gasteiger partial charge in [0, 0.05) is 21.1 Å². The molecule has 0 atom stereocenters. The van der Waals surface area contributed by atoms with Gasteiger partial charge in [-0.1, -0.05) is 0 Å². The van der Waals surface area contributed by atoms with Crippen LogP contribution in [0, 0.1) is 41.7 Å². The van der Waals surface area contributed by atoms with Gasteiger partial charge in [0.05, 0.1) is 0 Å². The Morgan fingerprint density at radius 1 is 0.833 bits per heavy atom. The van der Waals surface area contributed by atoms with Crippen LogP contribution in [0.3, 0.4) is 0 Å². The molecule has 0 saturated carbocycles. The standard InChI is InChI=1S/Ce.Mo.Ni.2O.W/q+3;+4;+2;2*-2;. The van der Waals surface area contributed by atoms with Crippen molar-refractivity contribution in [2.75, 3.05) is 0 Å². The van der Waals surface area contributed by atoms with Gasteiger partial charge in [-0.2, -0.15) is 0 Å². The van der Waals surface area contributed by atoms with Crippen LogP contribution in [0.1, 0.15) is 0 Å². The summed E-state index contributed by atoms with van der Waals surface area (Å²) >= 11 is 0. The smallest absolute Gasteiger partial charge is 2.00 e. The van der Waals surface area contributed by atoms with E-state index in [1.807, 2.05) is 0 Å². The minimum absolute atomic E-state index is 0. The minimum Gasteiger partial charge on any atom is -2.00 e. The maximum atomic E-state index is 0. The summed E-state index contributed by atoms with van der Waals surface area (Å²) in [6.45, 7) is 0. The maximum absolute atomic E-state index is 0. The summed E-state index contributed by atoms with van der Waals surface area (Å²) in [4.78, 5) is 0. The average molecular weight is 511 g/mol. The predicted octanol–water partition coefficient (Wildman–Crippen LogP) is -0.245. The molecule has 0 aliphatic rings. The van der Waals surface area contributed by atoms with Gasteiger partial charge in [-0.05, 0) is 0 Å². The normalized spacial score (nSPS) is 0. The summed E-state index contributed by atoms with van der Waals surface area (Å²) in [6.07, 6.45) is 0. The quantitative estimate of drug-likeness (QED) is 0.404. The Hall–Kier alpha value is 3.17.